The third kappa shape index (κ3) is 3.73. The normalized spacial score (nSPS) is 9.37. The van der Waals surface area contributed by atoms with E-state index in [2.05, 4.69) is 4.67 Å². The van der Waals surface area contributed by atoms with Gasteiger partial charge in [-0.2, -0.15) is 0 Å². The Kier molecular flexibility index (Phi) is 4.38. The Hall–Kier alpha value is -2.51. The second-order valence-electron chi connectivity index (χ2n) is 3.95. The van der Waals surface area contributed by atoms with Crippen LogP contribution in [0.3, 0.4) is 0 Å². The summed E-state index contributed by atoms with van der Waals surface area (Å²) in [5.74, 6) is 1.69. The quantitative estimate of drug-likeness (QED) is 0.619. The first-order valence-corrected chi connectivity index (χ1v) is 5.96. The number of benzene rings is 2. The van der Waals surface area contributed by atoms with Crippen molar-refractivity contribution in [1.82, 2.24) is 4.67 Å². The van der Waals surface area contributed by atoms with Gasteiger partial charge in [-0.15, -0.1) is 0 Å². The maximum absolute atomic E-state index is 5.10. The summed E-state index contributed by atoms with van der Waals surface area (Å²) < 4.78 is 14.5. The first-order chi connectivity index (χ1) is 9.31. The predicted molar refractivity (Wildman–Crippen MR) is 78.5 cm³/mol. The highest BCUT2D eigenvalue weighted by Crippen LogP contribution is 2.10. The summed E-state index contributed by atoms with van der Waals surface area (Å²) in [6.45, 7) is 0. The van der Waals surface area contributed by atoms with Gasteiger partial charge in [0, 0.05) is 0 Å². The minimum atomic E-state index is 0.844. The number of hydrogen-bond acceptors (Lipinski definition) is 2. The molecule has 96 valence electrons. The van der Waals surface area contributed by atoms with Crippen molar-refractivity contribution in [2.75, 3.05) is 14.2 Å². The van der Waals surface area contributed by atoms with Crippen molar-refractivity contribution >= 4 is 12.4 Å². The molecule has 0 N–H and O–H groups in total. The minimum absolute atomic E-state index is 0.844. The molecule has 0 bridgehead atoms. The van der Waals surface area contributed by atoms with Gasteiger partial charge in [-0.1, -0.05) is 4.67 Å². The van der Waals surface area contributed by atoms with Gasteiger partial charge >= 0.3 is 0 Å². The average Bonchev–Trinajstić information content (AvgIpc) is 2.49. The molecule has 0 aliphatic rings. The lowest BCUT2D eigenvalue weighted by atomic mass is 10.2. The monoisotopic (exact) mass is 254 g/mol. The van der Waals surface area contributed by atoms with Gasteiger partial charge in [0.1, 0.15) is 11.5 Å². The third-order valence-corrected chi connectivity index (χ3v) is 2.68. The van der Waals surface area contributed by atoms with Gasteiger partial charge in [-0.05, 0) is 48.5 Å². The molecule has 0 radical (unpaired) electrons. The van der Waals surface area contributed by atoms with E-state index in [1.54, 1.807) is 14.2 Å². The number of hydrogen-bond donors (Lipinski definition) is 0. The summed E-state index contributed by atoms with van der Waals surface area (Å²) in [7, 11) is 3.31. The van der Waals surface area contributed by atoms with Crippen molar-refractivity contribution in [3.05, 3.63) is 59.7 Å². The van der Waals surface area contributed by atoms with Crippen molar-refractivity contribution in [3.63, 3.8) is 0 Å². The Morgan fingerprint density at radius 1 is 0.684 bits per heavy atom. The fourth-order valence-corrected chi connectivity index (χ4v) is 1.59. The maximum Gasteiger partial charge on any atom is 0.299 e. The molecule has 0 aromatic heterocycles. The lowest BCUT2D eigenvalue weighted by molar-refractivity contribution is 0.414. The van der Waals surface area contributed by atoms with Crippen LogP contribution in [0.5, 0.6) is 11.5 Å². The Labute approximate surface area is 112 Å². The highest BCUT2D eigenvalue weighted by atomic mass is 16.5. The first-order valence-electron chi connectivity index (χ1n) is 5.96. The van der Waals surface area contributed by atoms with Crippen LogP contribution in [-0.4, -0.2) is 26.6 Å². The average molecular weight is 254 g/mol. The Morgan fingerprint density at radius 3 is 1.37 bits per heavy atom. The molecule has 0 unspecified atom stereocenters. The largest absolute Gasteiger partial charge is 0.497 e. The van der Waals surface area contributed by atoms with Crippen LogP contribution in [0.4, 0.5) is 0 Å². The molecule has 2 aromatic carbocycles. The number of methoxy groups -OCH3 is 2. The van der Waals surface area contributed by atoms with E-state index >= 15 is 0 Å². The van der Waals surface area contributed by atoms with Gasteiger partial charge in [-0.3, -0.25) is 0 Å². The molecule has 3 nitrogen and oxygen atoms in total. The standard InChI is InChI=1S/C16H16NO2/c1-18-15-7-3-13(4-8-15)11-17-12-14-5-9-16(19-2)10-6-14/h3-12H,1-2H3/q+1. The lowest BCUT2D eigenvalue weighted by Gasteiger charge is -1.96. The van der Waals surface area contributed by atoms with Crippen molar-refractivity contribution in [1.29, 1.82) is 0 Å². The zero-order valence-electron chi connectivity index (χ0n) is 11.0. The molecule has 0 amide bonds. The van der Waals surface area contributed by atoms with Gasteiger partial charge in [0.25, 0.3) is 12.4 Å². The van der Waals surface area contributed by atoms with Crippen molar-refractivity contribution in [3.8, 4) is 11.5 Å². The molecule has 0 atom stereocenters. The number of nitrogens with zero attached hydrogens (tertiary/aromatic N) is 1. The summed E-state index contributed by atoms with van der Waals surface area (Å²) in [4.78, 5) is 0. The van der Waals surface area contributed by atoms with Crippen molar-refractivity contribution in [2.24, 2.45) is 0 Å². The van der Waals surface area contributed by atoms with E-state index in [0.717, 1.165) is 22.6 Å². The molecule has 3 heteroatoms. The van der Waals surface area contributed by atoms with Crippen LogP contribution in [0.2, 0.25) is 0 Å². The molecule has 0 fully saturated rings. The van der Waals surface area contributed by atoms with E-state index in [0.29, 0.717) is 0 Å². The van der Waals surface area contributed by atoms with Crippen molar-refractivity contribution < 1.29 is 9.47 Å². The van der Waals surface area contributed by atoms with Gasteiger partial charge in [0.05, 0.1) is 25.3 Å². The Morgan fingerprint density at radius 2 is 1.05 bits per heavy atom. The van der Waals surface area contributed by atoms with E-state index < -0.39 is 0 Å². The summed E-state index contributed by atoms with van der Waals surface area (Å²) in [5.41, 5.74) is 2.07. The highest BCUT2D eigenvalue weighted by Gasteiger charge is 1.96. The van der Waals surface area contributed by atoms with Crippen LogP contribution in [0.1, 0.15) is 11.1 Å². The van der Waals surface area contributed by atoms with Gasteiger partial charge in [-0.25, -0.2) is 0 Å². The summed E-state index contributed by atoms with van der Waals surface area (Å²) in [5, 5.41) is 0. The van der Waals surface area contributed by atoms with E-state index in [1.165, 1.54) is 0 Å². The lowest BCUT2D eigenvalue weighted by Crippen LogP contribution is -1.90. The van der Waals surface area contributed by atoms with Crippen LogP contribution in [0.15, 0.2) is 48.5 Å². The van der Waals surface area contributed by atoms with E-state index in [9.17, 15) is 0 Å². The summed E-state index contributed by atoms with van der Waals surface area (Å²) in [6.07, 6.45) is 3.62. The molecule has 0 spiro atoms. The molecule has 0 heterocycles. The Balaban J connectivity index is 2.09. The number of ether oxygens (including phenoxy) is 2. The molecule has 0 aliphatic carbocycles. The third-order valence-electron chi connectivity index (χ3n) is 2.68. The van der Waals surface area contributed by atoms with Gasteiger partial charge < -0.3 is 9.47 Å². The molecule has 19 heavy (non-hydrogen) atoms. The van der Waals surface area contributed by atoms with Crippen molar-refractivity contribution in [2.45, 2.75) is 0 Å². The molecule has 0 saturated carbocycles. The summed E-state index contributed by atoms with van der Waals surface area (Å²) in [6, 6.07) is 15.5. The molecule has 0 saturated heterocycles. The van der Waals surface area contributed by atoms with Crippen LogP contribution >= 0.6 is 0 Å². The van der Waals surface area contributed by atoms with Gasteiger partial charge in [0.2, 0.25) is 0 Å². The zero-order chi connectivity index (χ0) is 13.5. The first kappa shape index (κ1) is 12.9. The van der Waals surface area contributed by atoms with Crippen LogP contribution in [0.25, 0.3) is 0 Å². The second kappa shape index (κ2) is 6.43. The van der Waals surface area contributed by atoms with E-state index in [-0.39, 0.29) is 0 Å². The predicted octanol–water partition coefficient (Wildman–Crippen LogP) is 2.31. The molecular weight excluding hydrogens is 238 g/mol. The smallest absolute Gasteiger partial charge is 0.299 e. The molecular formula is C16H16NO2+. The fourth-order valence-electron chi connectivity index (χ4n) is 1.59. The highest BCUT2D eigenvalue weighted by molar-refractivity contribution is 5.86. The Bertz CT molecular complexity index is 528. The van der Waals surface area contributed by atoms with Crippen LogP contribution < -0.4 is 14.1 Å². The minimum Gasteiger partial charge on any atom is -0.497 e. The molecule has 2 aromatic rings. The topological polar surface area (TPSA) is 32.6 Å². The van der Waals surface area contributed by atoms with Gasteiger partial charge in [0.15, 0.2) is 0 Å². The maximum atomic E-state index is 5.10. The molecule has 2 rings (SSSR count). The van der Waals surface area contributed by atoms with Crippen LogP contribution in [0, 0.1) is 0 Å². The van der Waals surface area contributed by atoms with E-state index in [1.807, 2.05) is 61.0 Å². The molecule has 0 aliphatic heterocycles. The SMILES string of the molecule is COc1ccc(C=[N+]=Cc2ccc(OC)cc2)cc1. The second-order valence-corrected chi connectivity index (χ2v) is 3.95. The number of rotatable bonds is 4. The summed E-state index contributed by atoms with van der Waals surface area (Å²) >= 11 is 0. The fraction of sp³-hybridized carbons (Fsp3) is 0.125. The van der Waals surface area contributed by atoms with E-state index in [4.69, 9.17) is 9.47 Å². The zero-order valence-corrected chi connectivity index (χ0v) is 11.0. The van der Waals surface area contributed by atoms with Crippen LogP contribution in [-0.2, 0) is 0 Å².